The molecule has 1 fully saturated rings. The Hall–Kier alpha value is -0.680. The standard InChI is InChI=1S/C14H23N3S2/c1-3-15-14(16-9-12-5-4-7-18-12)17-10-13-11(2)6-8-19-13/h6,8,12H,3-5,7,9-10H2,1-2H3,(H2,15,16,17). The summed E-state index contributed by atoms with van der Waals surface area (Å²) in [6.07, 6.45) is 2.69. The van der Waals surface area contributed by atoms with Crippen molar-refractivity contribution in [2.24, 2.45) is 4.99 Å². The van der Waals surface area contributed by atoms with Gasteiger partial charge < -0.3 is 10.6 Å². The molecule has 1 unspecified atom stereocenters. The molecule has 0 amide bonds. The van der Waals surface area contributed by atoms with Gasteiger partial charge in [-0.15, -0.1) is 11.3 Å². The second-order valence-corrected chi connectivity index (χ2v) is 7.15. The van der Waals surface area contributed by atoms with E-state index in [-0.39, 0.29) is 0 Å². The summed E-state index contributed by atoms with van der Waals surface area (Å²) in [7, 11) is 0. The average Bonchev–Trinajstić information content (AvgIpc) is 3.04. The molecule has 0 saturated carbocycles. The molecule has 3 nitrogen and oxygen atoms in total. The van der Waals surface area contributed by atoms with Gasteiger partial charge in [0, 0.05) is 23.2 Å². The predicted molar refractivity (Wildman–Crippen MR) is 87.4 cm³/mol. The quantitative estimate of drug-likeness (QED) is 0.648. The summed E-state index contributed by atoms with van der Waals surface area (Å²) in [5, 5.41) is 9.68. The van der Waals surface area contributed by atoms with Crippen molar-refractivity contribution in [3.63, 3.8) is 0 Å². The lowest BCUT2D eigenvalue weighted by atomic mass is 10.2. The van der Waals surface area contributed by atoms with Crippen LogP contribution in [-0.2, 0) is 6.54 Å². The van der Waals surface area contributed by atoms with Crippen molar-refractivity contribution in [2.75, 3.05) is 18.8 Å². The van der Waals surface area contributed by atoms with Gasteiger partial charge in [-0.3, -0.25) is 0 Å². The van der Waals surface area contributed by atoms with E-state index in [1.165, 1.54) is 29.0 Å². The summed E-state index contributed by atoms with van der Waals surface area (Å²) in [4.78, 5) is 6.03. The van der Waals surface area contributed by atoms with Crippen LogP contribution >= 0.6 is 23.1 Å². The van der Waals surface area contributed by atoms with Gasteiger partial charge in [-0.2, -0.15) is 11.8 Å². The highest BCUT2D eigenvalue weighted by Gasteiger charge is 2.15. The first-order valence-electron chi connectivity index (χ1n) is 6.96. The molecule has 5 heteroatoms. The Labute approximate surface area is 124 Å². The van der Waals surface area contributed by atoms with Crippen LogP contribution in [-0.4, -0.2) is 30.1 Å². The number of guanidine groups is 1. The lowest BCUT2D eigenvalue weighted by Crippen LogP contribution is -2.40. The largest absolute Gasteiger partial charge is 0.357 e. The minimum atomic E-state index is 0.757. The van der Waals surface area contributed by atoms with E-state index in [2.05, 4.69) is 52.7 Å². The fourth-order valence-electron chi connectivity index (χ4n) is 2.07. The third kappa shape index (κ3) is 4.73. The van der Waals surface area contributed by atoms with Gasteiger partial charge in [0.2, 0.25) is 0 Å². The zero-order chi connectivity index (χ0) is 13.5. The van der Waals surface area contributed by atoms with Gasteiger partial charge in [-0.05, 0) is 49.5 Å². The van der Waals surface area contributed by atoms with Crippen molar-refractivity contribution >= 4 is 29.1 Å². The monoisotopic (exact) mass is 297 g/mol. The van der Waals surface area contributed by atoms with Crippen LogP contribution in [0.5, 0.6) is 0 Å². The zero-order valence-corrected chi connectivity index (χ0v) is 13.4. The number of aliphatic imine (C=N–C) groups is 1. The number of aryl methyl sites for hydroxylation is 1. The summed E-state index contributed by atoms with van der Waals surface area (Å²) in [5.74, 6) is 2.26. The van der Waals surface area contributed by atoms with E-state index >= 15 is 0 Å². The first kappa shape index (κ1) is 14.7. The normalized spacial score (nSPS) is 19.7. The maximum absolute atomic E-state index is 4.67. The highest BCUT2D eigenvalue weighted by Crippen LogP contribution is 2.25. The van der Waals surface area contributed by atoms with Crippen LogP contribution < -0.4 is 10.6 Å². The molecule has 1 atom stereocenters. The first-order chi connectivity index (χ1) is 9.29. The summed E-state index contributed by atoms with van der Waals surface area (Å²) < 4.78 is 0. The van der Waals surface area contributed by atoms with Crippen LogP contribution in [0.2, 0.25) is 0 Å². The molecule has 2 rings (SSSR count). The van der Waals surface area contributed by atoms with Crippen LogP contribution in [0.4, 0.5) is 0 Å². The smallest absolute Gasteiger partial charge is 0.191 e. The Morgan fingerprint density at radius 2 is 2.37 bits per heavy atom. The molecular weight excluding hydrogens is 274 g/mol. The second kappa shape index (κ2) is 7.80. The molecule has 0 spiro atoms. The Kier molecular flexibility index (Phi) is 6.04. The number of rotatable bonds is 5. The highest BCUT2D eigenvalue weighted by molar-refractivity contribution is 8.00. The summed E-state index contributed by atoms with van der Waals surface area (Å²) in [6, 6.07) is 2.16. The van der Waals surface area contributed by atoms with Crippen LogP contribution in [0, 0.1) is 6.92 Å². The predicted octanol–water partition coefficient (Wildman–Crippen LogP) is 3.01. The van der Waals surface area contributed by atoms with Gasteiger partial charge in [0.15, 0.2) is 5.96 Å². The van der Waals surface area contributed by atoms with Crippen LogP contribution in [0.15, 0.2) is 16.4 Å². The van der Waals surface area contributed by atoms with Gasteiger partial charge >= 0.3 is 0 Å². The highest BCUT2D eigenvalue weighted by atomic mass is 32.2. The van der Waals surface area contributed by atoms with Crippen molar-refractivity contribution in [3.8, 4) is 0 Å². The van der Waals surface area contributed by atoms with Crippen molar-refractivity contribution in [3.05, 3.63) is 21.9 Å². The molecular formula is C14H23N3S2. The van der Waals surface area contributed by atoms with E-state index in [0.29, 0.717) is 0 Å². The fraction of sp³-hybridized carbons (Fsp3) is 0.643. The molecule has 1 saturated heterocycles. The molecule has 106 valence electrons. The molecule has 0 radical (unpaired) electrons. The molecule has 1 aromatic rings. The number of thioether (sulfide) groups is 1. The zero-order valence-electron chi connectivity index (χ0n) is 11.7. The summed E-state index contributed by atoms with van der Waals surface area (Å²) in [5.41, 5.74) is 1.34. The fourth-order valence-corrected chi connectivity index (χ4v) is 4.11. The molecule has 0 aliphatic carbocycles. The van der Waals surface area contributed by atoms with E-state index < -0.39 is 0 Å². The Bertz CT molecular complexity index is 409. The topological polar surface area (TPSA) is 36.4 Å². The summed E-state index contributed by atoms with van der Waals surface area (Å²) in [6.45, 7) is 6.97. The van der Waals surface area contributed by atoms with Crippen molar-refractivity contribution < 1.29 is 0 Å². The molecule has 1 aliphatic heterocycles. The average molecular weight is 297 g/mol. The van der Waals surface area contributed by atoms with Gasteiger partial charge in [-0.25, -0.2) is 4.99 Å². The Morgan fingerprint density at radius 1 is 1.47 bits per heavy atom. The molecule has 0 bridgehead atoms. The molecule has 1 aliphatic rings. The third-order valence-corrected chi connectivity index (χ3v) is 5.62. The lowest BCUT2D eigenvalue weighted by Gasteiger charge is -2.14. The van der Waals surface area contributed by atoms with Crippen molar-refractivity contribution in [1.29, 1.82) is 0 Å². The number of nitrogens with one attached hydrogen (secondary N) is 2. The minimum absolute atomic E-state index is 0.757. The third-order valence-electron chi connectivity index (χ3n) is 3.21. The lowest BCUT2D eigenvalue weighted by molar-refractivity contribution is 0.727. The number of hydrogen-bond acceptors (Lipinski definition) is 3. The van der Waals surface area contributed by atoms with Gasteiger partial charge in [0.25, 0.3) is 0 Å². The SMILES string of the molecule is CCNC(=NCc1sccc1C)NCC1CCCS1. The number of thiophene rings is 1. The maximum atomic E-state index is 4.67. The van der Waals surface area contributed by atoms with Gasteiger partial charge in [0.05, 0.1) is 6.54 Å². The minimum Gasteiger partial charge on any atom is -0.357 e. The first-order valence-corrected chi connectivity index (χ1v) is 8.89. The Balaban J connectivity index is 1.85. The maximum Gasteiger partial charge on any atom is 0.191 e. The van der Waals surface area contributed by atoms with Crippen LogP contribution in [0.25, 0.3) is 0 Å². The van der Waals surface area contributed by atoms with E-state index in [4.69, 9.17) is 0 Å². The Morgan fingerprint density at radius 3 is 3.00 bits per heavy atom. The number of hydrogen-bond donors (Lipinski definition) is 2. The molecule has 0 aromatic carbocycles. The second-order valence-electron chi connectivity index (χ2n) is 4.74. The van der Waals surface area contributed by atoms with E-state index in [9.17, 15) is 0 Å². The number of nitrogens with zero attached hydrogens (tertiary/aromatic N) is 1. The van der Waals surface area contributed by atoms with E-state index in [0.717, 1.165) is 30.8 Å². The van der Waals surface area contributed by atoms with Gasteiger partial charge in [0.1, 0.15) is 0 Å². The molecule has 2 N–H and O–H groups in total. The van der Waals surface area contributed by atoms with Crippen LogP contribution in [0.3, 0.4) is 0 Å². The van der Waals surface area contributed by atoms with Crippen molar-refractivity contribution in [1.82, 2.24) is 10.6 Å². The molecule has 1 aromatic heterocycles. The van der Waals surface area contributed by atoms with Crippen LogP contribution in [0.1, 0.15) is 30.2 Å². The van der Waals surface area contributed by atoms with Gasteiger partial charge in [-0.1, -0.05) is 0 Å². The van der Waals surface area contributed by atoms with Crippen molar-refractivity contribution in [2.45, 2.75) is 38.5 Å². The molecule has 19 heavy (non-hydrogen) atoms. The van der Waals surface area contributed by atoms with E-state index in [1.54, 1.807) is 11.3 Å². The molecule has 2 heterocycles. The van der Waals surface area contributed by atoms with E-state index in [1.807, 2.05) is 0 Å². The summed E-state index contributed by atoms with van der Waals surface area (Å²) >= 11 is 3.86.